The van der Waals surface area contributed by atoms with Crippen molar-refractivity contribution in [2.45, 2.75) is 13.8 Å². The number of nitrogens with one attached hydrogen (secondary N) is 1. The number of hydrogen-bond acceptors (Lipinski definition) is 2. The van der Waals surface area contributed by atoms with Gasteiger partial charge in [0.1, 0.15) is 0 Å². The van der Waals surface area contributed by atoms with Crippen LogP contribution in [-0.2, 0) is 0 Å². The highest BCUT2D eigenvalue weighted by molar-refractivity contribution is 9.10. The summed E-state index contributed by atoms with van der Waals surface area (Å²) < 4.78 is 0.937. The molecule has 19 heavy (non-hydrogen) atoms. The maximum atomic E-state index is 12.2. The number of carbonyl (C=O) groups excluding carboxylic acids is 1. The lowest BCUT2D eigenvalue weighted by Crippen LogP contribution is -2.12. The molecule has 0 spiro atoms. The van der Waals surface area contributed by atoms with E-state index in [0.29, 0.717) is 11.3 Å². The number of rotatable bonds is 2. The lowest BCUT2D eigenvalue weighted by Gasteiger charge is -2.08. The van der Waals surface area contributed by atoms with Crippen molar-refractivity contribution in [1.82, 2.24) is 0 Å². The lowest BCUT2D eigenvalue weighted by molar-refractivity contribution is 0.102. The van der Waals surface area contributed by atoms with Crippen LogP contribution in [0.1, 0.15) is 21.5 Å². The molecule has 0 fully saturated rings. The first kappa shape index (κ1) is 13.6. The van der Waals surface area contributed by atoms with Crippen LogP contribution in [0.3, 0.4) is 0 Å². The molecular weight excluding hydrogens is 304 g/mol. The van der Waals surface area contributed by atoms with Gasteiger partial charge in [0.2, 0.25) is 0 Å². The van der Waals surface area contributed by atoms with Gasteiger partial charge in [0.25, 0.3) is 5.91 Å². The highest BCUT2D eigenvalue weighted by Crippen LogP contribution is 2.20. The molecule has 0 atom stereocenters. The van der Waals surface area contributed by atoms with Gasteiger partial charge in [0.15, 0.2) is 0 Å². The van der Waals surface area contributed by atoms with Crippen LogP contribution >= 0.6 is 15.9 Å². The molecule has 0 aliphatic rings. The summed E-state index contributed by atoms with van der Waals surface area (Å²) in [6, 6.07) is 11.1. The van der Waals surface area contributed by atoms with E-state index in [4.69, 9.17) is 5.73 Å². The van der Waals surface area contributed by atoms with Crippen LogP contribution in [0.15, 0.2) is 40.9 Å². The van der Waals surface area contributed by atoms with Crippen molar-refractivity contribution >= 4 is 33.2 Å². The van der Waals surface area contributed by atoms with Gasteiger partial charge < -0.3 is 11.1 Å². The number of carbonyl (C=O) groups is 1. The quantitative estimate of drug-likeness (QED) is 0.825. The maximum Gasteiger partial charge on any atom is 0.255 e. The Morgan fingerprint density at radius 1 is 1.05 bits per heavy atom. The number of amides is 1. The Morgan fingerprint density at radius 2 is 1.74 bits per heavy atom. The Kier molecular flexibility index (Phi) is 3.90. The first-order chi connectivity index (χ1) is 8.94. The summed E-state index contributed by atoms with van der Waals surface area (Å²) in [5, 5.41) is 2.87. The monoisotopic (exact) mass is 318 g/mol. The van der Waals surface area contributed by atoms with Crippen molar-refractivity contribution < 1.29 is 4.79 Å². The first-order valence-corrected chi connectivity index (χ1v) is 6.69. The first-order valence-electron chi connectivity index (χ1n) is 5.90. The molecule has 0 radical (unpaired) electrons. The number of nitrogens with two attached hydrogens (primary N) is 1. The fourth-order valence-electron chi connectivity index (χ4n) is 1.96. The molecule has 4 heteroatoms. The number of hydrogen-bond donors (Lipinski definition) is 2. The second-order valence-electron chi connectivity index (χ2n) is 4.60. The minimum absolute atomic E-state index is 0.159. The van der Waals surface area contributed by atoms with E-state index in [2.05, 4.69) is 21.2 Å². The van der Waals surface area contributed by atoms with E-state index in [1.54, 1.807) is 6.07 Å². The molecule has 3 nitrogen and oxygen atoms in total. The molecule has 98 valence electrons. The molecule has 0 aliphatic carbocycles. The molecule has 0 aromatic heterocycles. The fraction of sp³-hybridized carbons (Fsp3) is 0.133. The molecule has 0 bridgehead atoms. The molecule has 0 saturated carbocycles. The van der Waals surface area contributed by atoms with Crippen molar-refractivity contribution in [3.05, 3.63) is 57.6 Å². The number of benzene rings is 2. The van der Waals surface area contributed by atoms with Gasteiger partial charge >= 0.3 is 0 Å². The zero-order valence-electron chi connectivity index (χ0n) is 10.8. The Balaban J connectivity index is 2.25. The number of anilines is 2. The van der Waals surface area contributed by atoms with E-state index in [9.17, 15) is 4.79 Å². The summed E-state index contributed by atoms with van der Waals surface area (Å²) in [6.07, 6.45) is 0. The second kappa shape index (κ2) is 5.45. The molecule has 0 saturated heterocycles. The van der Waals surface area contributed by atoms with Crippen molar-refractivity contribution in [3.63, 3.8) is 0 Å². The normalized spacial score (nSPS) is 10.3. The van der Waals surface area contributed by atoms with Crippen molar-refractivity contribution in [1.29, 1.82) is 0 Å². The van der Waals surface area contributed by atoms with Gasteiger partial charge in [-0.05, 0) is 61.4 Å². The Hall–Kier alpha value is -1.81. The number of nitrogen functional groups attached to an aromatic ring is 1. The molecule has 2 aromatic carbocycles. The topological polar surface area (TPSA) is 55.1 Å². The molecule has 2 aromatic rings. The van der Waals surface area contributed by atoms with Crippen LogP contribution in [0.4, 0.5) is 11.4 Å². The second-order valence-corrected chi connectivity index (χ2v) is 5.52. The molecule has 3 N–H and O–H groups in total. The van der Waals surface area contributed by atoms with Crippen LogP contribution in [0.2, 0.25) is 0 Å². The fourth-order valence-corrected chi connectivity index (χ4v) is 2.56. The number of halogens is 1. The van der Waals surface area contributed by atoms with Gasteiger partial charge in [-0.25, -0.2) is 0 Å². The van der Waals surface area contributed by atoms with Gasteiger partial charge in [-0.1, -0.05) is 15.9 Å². The summed E-state index contributed by atoms with van der Waals surface area (Å²) in [6.45, 7) is 3.89. The van der Waals surface area contributed by atoms with Crippen LogP contribution in [0.25, 0.3) is 0 Å². The minimum atomic E-state index is -0.159. The average molecular weight is 319 g/mol. The Morgan fingerprint density at radius 3 is 2.37 bits per heavy atom. The van der Waals surface area contributed by atoms with Crippen LogP contribution in [-0.4, -0.2) is 5.91 Å². The molecule has 0 heterocycles. The predicted molar refractivity (Wildman–Crippen MR) is 82.4 cm³/mol. The Bertz CT molecular complexity index is 598. The largest absolute Gasteiger partial charge is 0.399 e. The molecule has 0 unspecified atom stereocenters. The van der Waals surface area contributed by atoms with E-state index < -0.39 is 0 Å². The highest BCUT2D eigenvalue weighted by atomic mass is 79.9. The maximum absolute atomic E-state index is 12.2. The molecular formula is C15H15BrN2O. The van der Waals surface area contributed by atoms with Gasteiger partial charge in [-0.15, -0.1) is 0 Å². The molecule has 0 aliphatic heterocycles. The van der Waals surface area contributed by atoms with Crippen molar-refractivity contribution in [3.8, 4) is 0 Å². The SMILES string of the molecule is Cc1cc(Br)cc(NC(=O)c2cc(C)cc(N)c2)c1. The highest BCUT2D eigenvalue weighted by Gasteiger charge is 2.08. The summed E-state index contributed by atoms with van der Waals surface area (Å²) >= 11 is 3.41. The van der Waals surface area contributed by atoms with E-state index in [0.717, 1.165) is 21.3 Å². The minimum Gasteiger partial charge on any atom is -0.399 e. The van der Waals surface area contributed by atoms with Crippen LogP contribution < -0.4 is 11.1 Å². The zero-order chi connectivity index (χ0) is 14.0. The van der Waals surface area contributed by atoms with Gasteiger partial charge in [0.05, 0.1) is 0 Å². The van der Waals surface area contributed by atoms with Gasteiger partial charge in [-0.2, -0.15) is 0 Å². The standard InChI is InChI=1S/C15H15BrN2O/c1-9-3-11(7-13(17)5-9)15(19)18-14-6-10(2)4-12(16)8-14/h3-8H,17H2,1-2H3,(H,18,19). The van der Waals surface area contributed by atoms with Crippen molar-refractivity contribution in [2.24, 2.45) is 0 Å². The van der Waals surface area contributed by atoms with Gasteiger partial charge in [0, 0.05) is 21.4 Å². The van der Waals surface area contributed by atoms with E-state index >= 15 is 0 Å². The van der Waals surface area contributed by atoms with E-state index in [1.807, 2.05) is 44.2 Å². The van der Waals surface area contributed by atoms with Crippen LogP contribution in [0, 0.1) is 13.8 Å². The van der Waals surface area contributed by atoms with Crippen molar-refractivity contribution in [2.75, 3.05) is 11.1 Å². The third-order valence-corrected chi connectivity index (χ3v) is 3.12. The summed E-state index contributed by atoms with van der Waals surface area (Å²) in [5.74, 6) is -0.159. The Labute approximate surface area is 121 Å². The third kappa shape index (κ3) is 3.58. The third-order valence-electron chi connectivity index (χ3n) is 2.66. The number of aryl methyl sites for hydroxylation is 2. The summed E-state index contributed by atoms with van der Waals surface area (Å²) in [5.41, 5.74) is 9.72. The molecule has 1 amide bonds. The predicted octanol–water partition coefficient (Wildman–Crippen LogP) is 3.90. The average Bonchev–Trinajstić information content (AvgIpc) is 2.25. The van der Waals surface area contributed by atoms with E-state index in [1.165, 1.54) is 0 Å². The van der Waals surface area contributed by atoms with Gasteiger partial charge in [-0.3, -0.25) is 4.79 Å². The van der Waals surface area contributed by atoms with Crippen LogP contribution in [0.5, 0.6) is 0 Å². The lowest BCUT2D eigenvalue weighted by atomic mass is 10.1. The summed E-state index contributed by atoms with van der Waals surface area (Å²) in [7, 11) is 0. The van der Waals surface area contributed by atoms with E-state index in [-0.39, 0.29) is 5.91 Å². The zero-order valence-corrected chi connectivity index (χ0v) is 12.4. The smallest absolute Gasteiger partial charge is 0.255 e. The molecule has 2 rings (SSSR count). The summed E-state index contributed by atoms with van der Waals surface area (Å²) in [4.78, 5) is 12.2.